The van der Waals surface area contributed by atoms with E-state index in [1.54, 1.807) is 0 Å². The number of aromatic nitrogens is 1. The van der Waals surface area contributed by atoms with Crippen molar-refractivity contribution < 1.29 is 9.53 Å². The molecule has 1 aromatic heterocycles. The minimum atomic E-state index is 0.0178. The molecule has 4 rings (SSSR count). The summed E-state index contributed by atoms with van der Waals surface area (Å²) in [6.07, 6.45) is 4.31. The van der Waals surface area contributed by atoms with E-state index in [0.29, 0.717) is 19.1 Å². The molecule has 0 saturated carbocycles. The number of fused-ring (bicyclic) bond motifs is 1. The predicted octanol–water partition coefficient (Wildman–Crippen LogP) is 2.34. The molecule has 1 aliphatic heterocycles. The quantitative estimate of drug-likeness (QED) is 0.942. The van der Waals surface area contributed by atoms with E-state index in [-0.39, 0.29) is 11.9 Å². The van der Waals surface area contributed by atoms with Gasteiger partial charge in [-0.1, -0.05) is 24.3 Å². The number of benzene rings is 1. The van der Waals surface area contributed by atoms with Gasteiger partial charge in [0.05, 0.1) is 24.8 Å². The van der Waals surface area contributed by atoms with Gasteiger partial charge in [0.1, 0.15) is 0 Å². The highest BCUT2D eigenvalue weighted by Crippen LogP contribution is 2.28. The molecule has 1 fully saturated rings. The average molecular weight is 310 g/mol. The van der Waals surface area contributed by atoms with E-state index in [2.05, 4.69) is 34.1 Å². The van der Waals surface area contributed by atoms with Crippen LogP contribution < -0.4 is 5.32 Å². The summed E-state index contributed by atoms with van der Waals surface area (Å²) >= 11 is 0. The third kappa shape index (κ3) is 2.79. The van der Waals surface area contributed by atoms with Crippen LogP contribution >= 0.6 is 0 Å². The lowest BCUT2D eigenvalue weighted by atomic mass is 10.1. The summed E-state index contributed by atoms with van der Waals surface area (Å²) < 4.78 is 7.33. The maximum Gasteiger partial charge on any atom is 0.253 e. The van der Waals surface area contributed by atoms with Gasteiger partial charge in [-0.15, -0.1) is 0 Å². The first-order chi connectivity index (χ1) is 11.2. The Labute approximate surface area is 136 Å². The van der Waals surface area contributed by atoms with Crippen LogP contribution in [-0.2, 0) is 24.1 Å². The third-order valence-electron chi connectivity index (χ3n) is 5.05. The zero-order chi connectivity index (χ0) is 15.8. The van der Waals surface area contributed by atoms with Gasteiger partial charge in [-0.05, 0) is 42.9 Å². The normalized spacial score (nSPS) is 17.8. The zero-order valence-electron chi connectivity index (χ0n) is 13.4. The Balaban J connectivity index is 1.43. The first kappa shape index (κ1) is 14.5. The maximum absolute atomic E-state index is 12.3. The molecule has 1 amide bonds. The Morgan fingerprint density at radius 1 is 1.22 bits per heavy atom. The molecule has 2 aliphatic rings. The highest BCUT2D eigenvalue weighted by Gasteiger charge is 2.24. The largest absolute Gasteiger partial charge is 0.377 e. The molecule has 120 valence electrons. The van der Waals surface area contributed by atoms with Crippen molar-refractivity contribution in [2.45, 2.75) is 32.4 Å². The lowest BCUT2D eigenvalue weighted by Crippen LogP contribution is -2.48. The molecular weight excluding hydrogens is 288 g/mol. The molecule has 0 radical (unpaired) electrons. The minimum absolute atomic E-state index is 0.0178. The van der Waals surface area contributed by atoms with Crippen LogP contribution in [0.5, 0.6) is 0 Å². The number of rotatable bonds is 4. The van der Waals surface area contributed by atoms with E-state index in [9.17, 15) is 4.79 Å². The Bertz CT molecular complexity index is 706. The van der Waals surface area contributed by atoms with Crippen molar-refractivity contribution in [3.05, 3.63) is 58.9 Å². The highest BCUT2D eigenvalue weighted by molar-refractivity contribution is 5.95. The van der Waals surface area contributed by atoms with Gasteiger partial charge in [0.2, 0.25) is 0 Å². The summed E-state index contributed by atoms with van der Waals surface area (Å²) in [5.41, 5.74) is 4.79. The van der Waals surface area contributed by atoms with E-state index >= 15 is 0 Å². The minimum Gasteiger partial charge on any atom is -0.377 e. The Hall–Kier alpha value is -2.07. The molecule has 1 aromatic carbocycles. The number of amides is 1. The van der Waals surface area contributed by atoms with Gasteiger partial charge in [0.25, 0.3) is 5.91 Å². The molecule has 23 heavy (non-hydrogen) atoms. The Morgan fingerprint density at radius 2 is 1.91 bits per heavy atom. The van der Waals surface area contributed by atoms with Crippen molar-refractivity contribution in [2.24, 2.45) is 5.92 Å². The molecular formula is C19H22N2O2. The second-order valence-electron chi connectivity index (χ2n) is 6.72. The molecule has 1 aliphatic carbocycles. The molecule has 2 aromatic rings. The summed E-state index contributed by atoms with van der Waals surface area (Å²) in [7, 11) is 0. The molecule has 4 heteroatoms. The van der Waals surface area contributed by atoms with E-state index < -0.39 is 0 Å². The van der Waals surface area contributed by atoms with Crippen molar-refractivity contribution in [1.82, 2.24) is 9.88 Å². The van der Waals surface area contributed by atoms with Crippen LogP contribution in [0.3, 0.4) is 0 Å². The van der Waals surface area contributed by atoms with Gasteiger partial charge in [-0.3, -0.25) is 4.79 Å². The second-order valence-corrected chi connectivity index (χ2v) is 6.72. The van der Waals surface area contributed by atoms with Crippen LogP contribution in [-0.4, -0.2) is 29.7 Å². The van der Waals surface area contributed by atoms with Crippen LogP contribution in [0.2, 0.25) is 0 Å². The monoisotopic (exact) mass is 310 g/mol. The molecule has 4 nitrogen and oxygen atoms in total. The van der Waals surface area contributed by atoms with Gasteiger partial charge in [-0.2, -0.15) is 0 Å². The first-order valence-electron chi connectivity index (χ1n) is 8.32. The number of nitrogens with one attached hydrogen (secondary N) is 1. The Kier molecular flexibility index (Phi) is 3.69. The van der Waals surface area contributed by atoms with E-state index in [1.807, 2.05) is 19.2 Å². The second kappa shape index (κ2) is 5.85. The van der Waals surface area contributed by atoms with Crippen LogP contribution in [0.1, 0.15) is 27.2 Å². The molecule has 1 N–H and O–H groups in total. The molecule has 0 spiro atoms. The van der Waals surface area contributed by atoms with E-state index in [0.717, 1.165) is 30.6 Å². The summed E-state index contributed by atoms with van der Waals surface area (Å²) in [6.45, 7) is 4.27. The fourth-order valence-electron chi connectivity index (χ4n) is 3.63. The van der Waals surface area contributed by atoms with Crippen molar-refractivity contribution in [2.75, 3.05) is 13.2 Å². The molecule has 0 bridgehead atoms. The fourth-order valence-corrected chi connectivity index (χ4v) is 3.63. The van der Waals surface area contributed by atoms with Crippen LogP contribution in [0.4, 0.5) is 0 Å². The number of hydrogen-bond donors (Lipinski definition) is 1. The number of hydrogen-bond acceptors (Lipinski definition) is 2. The standard InChI is InChI=1S/C19H22N2O2/c1-13-18(19(22)20-17-11-23-12-17)6-7-21(13)10-14-8-15-4-2-3-5-16(15)9-14/h2-7,14,17H,8-12H2,1H3,(H,20,22). The maximum atomic E-state index is 12.3. The van der Waals surface area contributed by atoms with Gasteiger partial charge in [0.15, 0.2) is 0 Å². The summed E-state index contributed by atoms with van der Waals surface area (Å²) in [5, 5.41) is 3.02. The fraction of sp³-hybridized carbons (Fsp3) is 0.421. The van der Waals surface area contributed by atoms with Crippen LogP contribution in [0.25, 0.3) is 0 Å². The number of ether oxygens (including phenoxy) is 1. The zero-order valence-corrected chi connectivity index (χ0v) is 13.4. The molecule has 0 unspecified atom stereocenters. The summed E-state index contributed by atoms with van der Waals surface area (Å²) in [4.78, 5) is 12.3. The SMILES string of the molecule is Cc1c(C(=O)NC2COC2)ccn1CC1Cc2ccccc2C1. The smallest absolute Gasteiger partial charge is 0.253 e. The van der Waals surface area contributed by atoms with Gasteiger partial charge in [-0.25, -0.2) is 0 Å². The van der Waals surface area contributed by atoms with Crippen molar-refractivity contribution in [3.8, 4) is 0 Å². The van der Waals surface area contributed by atoms with Crippen molar-refractivity contribution in [3.63, 3.8) is 0 Å². The van der Waals surface area contributed by atoms with Crippen molar-refractivity contribution >= 4 is 5.91 Å². The molecule has 1 saturated heterocycles. The van der Waals surface area contributed by atoms with E-state index in [4.69, 9.17) is 4.74 Å². The number of nitrogens with zero attached hydrogens (tertiary/aromatic N) is 1. The summed E-state index contributed by atoms with van der Waals surface area (Å²) in [6, 6.07) is 10.8. The van der Waals surface area contributed by atoms with Gasteiger partial charge < -0.3 is 14.6 Å². The molecule has 2 heterocycles. The highest BCUT2D eigenvalue weighted by atomic mass is 16.5. The third-order valence-corrected chi connectivity index (χ3v) is 5.05. The lowest BCUT2D eigenvalue weighted by molar-refractivity contribution is -0.00347. The van der Waals surface area contributed by atoms with Gasteiger partial charge in [0, 0.05) is 18.4 Å². The molecule has 0 atom stereocenters. The van der Waals surface area contributed by atoms with Crippen molar-refractivity contribution in [1.29, 1.82) is 0 Å². The first-order valence-corrected chi connectivity index (χ1v) is 8.32. The summed E-state index contributed by atoms with van der Waals surface area (Å²) in [5.74, 6) is 0.638. The average Bonchev–Trinajstić information content (AvgIpc) is 3.07. The number of carbonyl (C=O) groups is 1. The van der Waals surface area contributed by atoms with E-state index in [1.165, 1.54) is 11.1 Å². The van der Waals surface area contributed by atoms with Gasteiger partial charge >= 0.3 is 0 Å². The topological polar surface area (TPSA) is 43.3 Å². The number of carbonyl (C=O) groups excluding carboxylic acids is 1. The Morgan fingerprint density at radius 3 is 2.52 bits per heavy atom. The lowest BCUT2D eigenvalue weighted by Gasteiger charge is -2.26. The van der Waals surface area contributed by atoms with Crippen LogP contribution in [0, 0.1) is 12.8 Å². The predicted molar refractivity (Wildman–Crippen MR) is 88.6 cm³/mol. The van der Waals surface area contributed by atoms with Crippen LogP contribution in [0.15, 0.2) is 36.5 Å².